The quantitative estimate of drug-likeness (QED) is 0.741. The second-order valence-electron chi connectivity index (χ2n) is 4.76. The maximum atomic E-state index is 11.1. The van der Waals surface area contributed by atoms with Gasteiger partial charge in [0, 0.05) is 5.02 Å². The second kappa shape index (κ2) is 9.28. The molecule has 2 aromatic carbocycles. The minimum atomic E-state index is -0.955. The number of halogens is 2. The number of hydrogen-bond donors (Lipinski definition) is 1. The third kappa shape index (κ3) is 6.00. The molecule has 0 fully saturated rings. The van der Waals surface area contributed by atoms with Crippen molar-refractivity contribution in [2.24, 2.45) is 0 Å². The summed E-state index contributed by atoms with van der Waals surface area (Å²) in [5.41, 5.74) is 0. The zero-order valence-corrected chi connectivity index (χ0v) is 14.1. The van der Waals surface area contributed by atoms with Crippen LogP contribution in [0.2, 0.25) is 5.02 Å². The van der Waals surface area contributed by atoms with Gasteiger partial charge in [-0.15, -0.1) is 12.4 Å². The fourth-order valence-electron chi connectivity index (χ4n) is 1.88. The number of hydrogen-bond acceptors (Lipinski definition) is 3. The fraction of sp³-hybridized carbons (Fsp3) is 0.235. The van der Waals surface area contributed by atoms with Gasteiger partial charge in [0.25, 0.3) is 0 Å². The maximum Gasteiger partial charge on any atom is 0.344 e. The summed E-state index contributed by atoms with van der Waals surface area (Å²) in [4.78, 5) is 11.1. The molecule has 0 bridgehead atoms. The van der Waals surface area contributed by atoms with Crippen molar-refractivity contribution in [3.63, 3.8) is 0 Å². The highest BCUT2D eigenvalue weighted by Crippen LogP contribution is 2.25. The van der Waals surface area contributed by atoms with E-state index >= 15 is 0 Å². The van der Waals surface area contributed by atoms with Crippen LogP contribution in [0.3, 0.4) is 0 Å². The van der Waals surface area contributed by atoms with Crippen molar-refractivity contribution in [2.75, 3.05) is 0 Å². The van der Waals surface area contributed by atoms with Crippen LogP contribution < -0.4 is 9.47 Å². The summed E-state index contributed by atoms with van der Waals surface area (Å²) in [6, 6.07) is 13.9. The van der Waals surface area contributed by atoms with E-state index < -0.39 is 12.1 Å². The minimum Gasteiger partial charge on any atom is -0.479 e. The Balaban J connectivity index is 0.00000264. The largest absolute Gasteiger partial charge is 0.479 e. The summed E-state index contributed by atoms with van der Waals surface area (Å²) in [5, 5.41) is 9.72. The Morgan fingerprint density at radius 2 is 1.52 bits per heavy atom. The smallest absolute Gasteiger partial charge is 0.344 e. The summed E-state index contributed by atoms with van der Waals surface area (Å²) in [7, 11) is 0. The molecule has 1 N–H and O–H groups in total. The van der Waals surface area contributed by atoms with Crippen molar-refractivity contribution in [2.45, 2.75) is 25.9 Å². The molecule has 4 nitrogen and oxygen atoms in total. The molecule has 0 heterocycles. The zero-order chi connectivity index (χ0) is 15.9. The highest BCUT2D eigenvalue weighted by Gasteiger charge is 2.17. The summed E-state index contributed by atoms with van der Waals surface area (Å²) >= 11 is 5.82. The van der Waals surface area contributed by atoms with Crippen molar-refractivity contribution in [1.29, 1.82) is 0 Å². The van der Waals surface area contributed by atoms with Gasteiger partial charge in [-0.05, 0) is 55.0 Å². The molecule has 1 unspecified atom stereocenters. The lowest BCUT2D eigenvalue weighted by atomic mass is 10.2. The van der Waals surface area contributed by atoms with E-state index in [-0.39, 0.29) is 12.4 Å². The number of rotatable bonds is 7. The van der Waals surface area contributed by atoms with Crippen LogP contribution >= 0.6 is 24.0 Å². The predicted molar refractivity (Wildman–Crippen MR) is 92.2 cm³/mol. The third-order valence-corrected chi connectivity index (χ3v) is 3.23. The molecule has 23 heavy (non-hydrogen) atoms. The van der Waals surface area contributed by atoms with Gasteiger partial charge in [-0.3, -0.25) is 0 Å². The summed E-state index contributed by atoms with van der Waals surface area (Å²) in [5.74, 6) is 0.858. The fourth-order valence-corrected chi connectivity index (χ4v) is 2.01. The van der Waals surface area contributed by atoms with Crippen LogP contribution in [0.15, 0.2) is 48.5 Å². The van der Waals surface area contributed by atoms with Gasteiger partial charge in [0.05, 0.1) is 0 Å². The number of aliphatic carboxylic acids is 1. The molecule has 0 aliphatic heterocycles. The van der Waals surface area contributed by atoms with Crippen LogP contribution in [-0.2, 0) is 4.79 Å². The molecule has 6 heteroatoms. The van der Waals surface area contributed by atoms with Gasteiger partial charge in [0.15, 0.2) is 6.10 Å². The number of carboxylic acids is 1. The number of benzene rings is 2. The molecule has 2 aromatic rings. The van der Waals surface area contributed by atoms with Crippen LogP contribution in [0.1, 0.15) is 19.8 Å². The van der Waals surface area contributed by atoms with Crippen LogP contribution in [0.4, 0.5) is 0 Å². The molecule has 0 amide bonds. The van der Waals surface area contributed by atoms with E-state index in [4.69, 9.17) is 26.2 Å². The Morgan fingerprint density at radius 1 is 1.04 bits per heavy atom. The van der Waals surface area contributed by atoms with Crippen LogP contribution in [0, 0.1) is 0 Å². The number of ether oxygens (including phenoxy) is 2. The lowest BCUT2D eigenvalue weighted by molar-refractivity contribution is -0.145. The Morgan fingerprint density at radius 3 is 2.00 bits per heavy atom. The highest BCUT2D eigenvalue weighted by molar-refractivity contribution is 6.30. The van der Waals surface area contributed by atoms with Crippen molar-refractivity contribution < 1.29 is 19.4 Å². The molecule has 0 aliphatic carbocycles. The van der Waals surface area contributed by atoms with E-state index in [1.54, 1.807) is 48.5 Å². The summed E-state index contributed by atoms with van der Waals surface area (Å²) in [6.45, 7) is 1.92. The third-order valence-electron chi connectivity index (χ3n) is 2.98. The van der Waals surface area contributed by atoms with Crippen molar-refractivity contribution in [1.82, 2.24) is 0 Å². The summed E-state index contributed by atoms with van der Waals surface area (Å²) < 4.78 is 11.1. The average molecular weight is 357 g/mol. The molecular weight excluding hydrogens is 339 g/mol. The number of carbonyl (C=O) groups is 1. The Bertz CT molecular complexity index is 611. The molecule has 124 valence electrons. The van der Waals surface area contributed by atoms with Gasteiger partial charge < -0.3 is 14.6 Å². The van der Waals surface area contributed by atoms with E-state index in [0.29, 0.717) is 28.7 Å². The SMILES string of the molecule is CCCC(Oc1ccc(Oc2ccc(Cl)cc2)cc1)C(=O)O.Cl. The van der Waals surface area contributed by atoms with Gasteiger partial charge >= 0.3 is 5.97 Å². The zero-order valence-electron chi connectivity index (χ0n) is 12.6. The number of carboxylic acid groups (broad SMARTS) is 1. The molecule has 0 saturated carbocycles. The second-order valence-corrected chi connectivity index (χ2v) is 5.20. The Kier molecular flexibility index (Phi) is 7.72. The predicted octanol–water partition coefficient (Wildman–Crippen LogP) is 5.19. The first-order valence-corrected chi connectivity index (χ1v) is 7.39. The van der Waals surface area contributed by atoms with E-state index in [0.717, 1.165) is 6.42 Å². The Hall–Kier alpha value is -1.91. The minimum absolute atomic E-state index is 0. The van der Waals surface area contributed by atoms with Crippen LogP contribution in [0.5, 0.6) is 17.2 Å². The summed E-state index contributed by atoms with van der Waals surface area (Å²) in [6.07, 6.45) is 0.389. The molecule has 0 aliphatic rings. The first-order chi connectivity index (χ1) is 10.6. The lowest BCUT2D eigenvalue weighted by Gasteiger charge is -2.14. The van der Waals surface area contributed by atoms with Gasteiger partial charge in [-0.2, -0.15) is 0 Å². The lowest BCUT2D eigenvalue weighted by Crippen LogP contribution is -2.26. The normalized spacial score (nSPS) is 11.2. The van der Waals surface area contributed by atoms with Crippen molar-refractivity contribution >= 4 is 30.0 Å². The van der Waals surface area contributed by atoms with Crippen molar-refractivity contribution in [3.8, 4) is 17.2 Å². The van der Waals surface area contributed by atoms with Gasteiger partial charge in [0.2, 0.25) is 0 Å². The first kappa shape index (κ1) is 19.1. The Labute approximate surface area is 146 Å². The molecule has 0 saturated heterocycles. The van der Waals surface area contributed by atoms with Gasteiger partial charge in [-0.1, -0.05) is 24.9 Å². The maximum absolute atomic E-state index is 11.1. The topological polar surface area (TPSA) is 55.8 Å². The molecule has 0 radical (unpaired) electrons. The first-order valence-electron chi connectivity index (χ1n) is 7.01. The van der Waals surface area contributed by atoms with Gasteiger partial charge in [-0.25, -0.2) is 4.79 Å². The van der Waals surface area contributed by atoms with E-state index in [1.165, 1.54) is 0 Å². The van der Waals surface area contributed by atoms with Gasteiger partial charge in [0.1, 0.15) is 17.2 Å². The molecular formula is C17H18Cl2O4. The van der Waals surface area contributed by atoms with E-state index in [2.05, 4.69) is 0 Å². The van der Waals surface area contributed by atoms with Crippen LogP contribution in [-0.4, -0.2) is 17.2 Å². The average Bonchev–Trinajstić information content (AvgIpc) is 2.51. The molecule has 0 aromatic heterocycles. The van der Waals surface area contributed by atoms with Crippen LogP contribution in [0.25, 0.3) is 0 Å². The highest BCUT2D eigenvalue weighted by atomic mass is 35.5. The molecule has 2 rings (SSSR count). The van der Waals surface area contributed by atoms with E-state index in [1.807, 2.05) is 6.92 Å². The molecule has 0 spiro atoms. The monoisotopic (exact) mass is 356 g/mol. The van der Waals surface area contributed by atoms with Crippen molar-refractivity contribution in [3.05, 3.63) is 53.6 Å². The van der Waals surface area contributed by atoms with E-state index in [9.17, 15) is 4.79 Å². The molecule has 1 atom stereocenters. The standard InChI is InChI=1S/C17H17ClO4.ClH/c1-2-3-16(17(19)20)22-15-10-8-14(9-11-15)21-13-6-4-12(18)5-7-13;/h4-11,16H,2-3H2,1H3,(H,19,20);1H.